The summed E-state index contributed by atoms with van der Waals surface area (Å²) in [5.74, 6) is -0.353. The van der Waals surface area contributed by atoms with Gasteiger partial charge in [-0.05, 0) is 32.9 Å². The van der Waals surface area contributed by atoms with Crippen molar-refractivity contribution >= 4 is 17.7 Å². The summed E-state index contributed by atoms with van der Waals surface area (Å²) in [6.45, 7) is 5.64. The molecule has 2 rings (SSSR count). The molecule has 0 radical (unpaired) electrons. The summed E-state index contributed by atoms with van der Waals surface area (Å²) in [5, 5.41) is 3.18. The molecule has 0 unspecified atom stereocenters. The Bertz CT molecular complexity index is 559. The van der Waals surface area contributed by atoms with Gasteiger partial charge in [-0.2, -0.15) is 0 Å². The molecule has 0 aliphatic carbocycles. The van der Waals surface area contributed by atoms with Crippen molar-refractivity contribution in [1.29, 1.82) is 0 Å². The van der Waals surface area contributed by atoms with E-state index in [9.17, 15) is 9.59 Å². The van der Waals surface area contributed by atoms with Gasteiger partial charge in [-0.1, -0.05) is 18.2 Å². The Labute approximate surface area is 124 Å². The van der Waals surface area contributed by atoms with Crippen molar-refractivity contribution in [3.05, 3.63) is 42.1 Å². The maximum Gasteiger partial charge on any atom is 0.417 e. The van der Waals surface area contributed by atoms with Crippen LogP contribution in [-0.2, 0) is 9.53 Å². The number of anilines is 1. The average molecular weight is 288 g/mol. The standard InChI is InChI=1S/C16H20N2O3/c1-16(2,3)21-15(20)18-10-9-13(11-14(18)19)17-12-7-5-4-6-8-12/h4-8,11,17H,9-10H2,1-3H3. The molecule has 0 bridgehead atoms. The Morgan fingerprint density at radius 3 is 2.48 bits per heavy atom. The predicted octanol–water partition coefficient (Wildman–Crippen LogP) is 3.15. The molecule has 1 aromatic rings. The molecular formula is C16H20N2O3. The number of carbonyl (C=O) groups is 2. The van der Waals surface area contributed by atoms with Gasteiger partial charge >= 0.3 is 6.09 Å². The van der Waals surface area contributed by atoms with Crippen LogP contribution in [0.25, 0.3) is 0 Å². The first-order valence-electron chi connectivity index (χ1n) is 6.92. The van der Waals surface area contributed by atoms with Crippen LogP contribution in [0.3, 0.4) is 0 Å². The highest BCUT2D eigenvalue weighted by molar-refractivity contribution is 6.00. The zero-order valence-electron chi connectivity index (χ0n) is 12.6. The zero-order chi connectivity index (χ0) is 15.5. The van der Waals surface area contributed by atoms with Gasteiger partial charge in [-0.15, -0.1) is 0 Å². The first-order chi connectivity index (χ1) is 9.85. The third kappa shape index (κ3) is 4.34. The largest absolute Gasteiger partial charge is 0.443 e. The van der Waals surface area contributed by atoms with Crippen LogP contribution in [0.4, 0.5) is 10.5 Å². The van der Waals surface area contributed by atoms with Gasteiger partial charge in [-0.25, -0.2) is 9.69 Å². The number of hydrogen-bond donors (Lipinski definition) is 1. The quantitative estimate of drug-likeness (QED) is 0.908. The summed E-state index contributed by atoms with van der Waals surface area (Å²) < 4.78 is 5.22. The third-order valence-corrected chi connectivity index (χ3v) is 2.86. The lowest BCUT2D eigenvalue weighted by Crippen LogP contribution is -2.43. The van der Waals surface area contributed by atoms with Gasteiger partial charge in [-0.3, -0.25) is 4.79 Å². The lowest BCUT2D eigenvalue weighted by Gasteiger charge is -2.28. The molecule has 0 aromatic heterocycles. The summed E-state index contributed by atoms with van der Waals surface area (Å²) in [6.07, 6.45) is 1.43. The van der Waals surface area contributed by atoms with E-state index in [2.05, 4.69) is 5.32 Å². The molecule has 1 aliphatic heterocycles. The fraction of sp³-hybridized carbons (Fsp3) is 0.375. The second-order valence-corrected chi connectivity index (χ2v) is 5.88. The summed E-state index contributed by atoms with van der Waals surface area (Å²) in [6, 6.07) is 9.61. The van der Waals surface area contributed by atoms with E-state index in [-0.39, 0.29) is 5.91 Å². The normalized spacial score (nSPS) is 15.5. The van der Waals surface area contributed by atoms with Crippen molar-refractivity contribution < 1.29 is 14.3 Å². The Hall–Kier alpha value is -2.30. The van der Waals surface area contributed by atoms with E-state index < -0.39 is 11.7 Å². The number of nitrogens with zero attached hydrogens (tertiary/aromatic N) is 1. The first-order valence-corrected chi connectivity index (χ1v) is 6.92. The summed E-state index contributed by atoms with van der Waals surface area (Å²) in [5.41, 5.74) is 1.11. The molecule has 1 aliphatic rings. The maximum absolute atomic E-state index is 12.0. The fourth-order valence-corrected chi connectivity index (χ4v) is 1.95. The van der Waals surface area contributed by atoms with E-state index in [1.165, 1.54) is 6.08 Å². The topological polar surface area (TPSA) is 58.6 Å². The van der Waals surface area contributed by atoms with Gasteiger partial charge in [0.1, 0.15) is 5.60 Å². The van der Waals surface area contributed by atoms with Crippen molar-refractivity contribution in [2.24, 2.45) is 0 Å². The van der Waals surface area contributed by atoms with E-state index in [1.54, 1.807) is 20.8 Å². The van der Waals surface area contributed by atoms with Crippen LogP contribution >= 0.6 is 0 Å². The van der Waals surface area contributed by atoms with Crippen molar-refractivity contribution in [3.63, 3.8) is 0 Å². The SMILES string of the molecule is CC(C)(C)OC(=O)N1CCC(Nc2ccccc2)=CC1=O. The predicted molar refractivity (Wildman–Crippen MR) is 80.7 cm³/mol. The molecule has 2 amide bonds. The molecule has 0 fully saturated rings. The first kappa shape index (κ1) is 15.1. The fourth-order valence-electron chi connectivity index (χ4n) is 1.95. The Morgan fingerprint density at radius 1 is 1.24 bits per heavy atom. The second-order valence-electron chi connectivity index (χ2n) is 5.88. The number of carbonyl (C=O) groups excluding carboxylic acids is 2. The van der Waals surface area contributed by atoms with E-state index in [0.29, 0.717) is 13.0 Å². The molecular weight excluding hydrogens is 268 g/mol. The molecule has 1 heterocycles. The molecule has 1 aromatic carbocycles. The number of hydrogen-bond acceptors (Lipinski definition) is 4. The molecule has 112 valence electrons. The molecule has 5 heteroatoms. The van der Waals surface area contributed by atoms with Gasteiger partial charge in [0.15, 0.2) is 0 Å². The molecule has 5 nitrogen and oxygen atoms in total. The van der Waals surface area contributed by atoms with Crippen molar-refractivity contribution in [1.82, 2.24) is 4.90 Å². The van der Waals surface area contributed by atoms with Crippen molar-refractivity contribution in [2.45, 2.75) is 32.8 Å². The number of imide groups is 1. The second kappa shape index (κ2) is 5.99. The number of amides is 2. The van der Waals surface area contributed by atoms with Crippen molar-refractivity contribution in [2.75, 3.05) is 11.9 Å². The van der Waals surface area contributed by atoms with Crippen LogP contribution in [0, 0.1) is 0 Å². The van der Waals surface area contributed by atoms with Gasteiger partial charge in [0.2, 0.25) is 0 Å². The highest BCUT2D eigenvalue weighted by Crippen LogP contribution is 2.18. The van der Waals surface area contributed by atoms with Crippen LogP contribution in [0.2, 0.25) is 0 Å². The van der Waals surface area contributed by atoms with Crippen LogP contribution in [0.1, 0.15) is 27.2 Å². The molecule has 0 saturated carbocycles. The number of benzene rings is 1. The minimum absolute atomic E-state index is 0.319. The molecule has 0 atom stereocenters. The summed E-state index contributed by atoms with van der Waals surface area (Å²) >= 11 is 0. The minimum Gasteiger partial charge on any atom is -0.443 e. The van der Waals surface area contributed by atoms with Gasteiger partial charge in [0.05, 0.1) is 0 Å². The monoisotopic (exact) mass is 288 g/mol. The minimum atomic E-state index is -0.607. The zero-order valence-corrected chi connectivity index (χ0v) is 12.6. The van der Waals surface area contributed by atoms with Crippen LogP contribution in [0.15, 0.2) is 42.1 Å². The van der Waals surface area contributed by atoms with Crippen LogP contribution in [0.5, 0.6) is 0 Å². The lowest BCUT2D eigenvalue weighted by atomic mass is 10.2. The molecule has 0 spiro atoms. The number of para-hydroxylation sites is 1. The number of rotatable bonds is 2. The number of nitrogens with one attached hydrogen (secondary N) is 1. The Morgan fingerprint density at radius 2 is 1.90 bits per heavy atom. The average Bonchev–Trinajstić information content (AvgIpc) is 2.37. The highest BCUT2D eigenvalue weighted by Gasteiger charge is 2.28. The molecule has 0 saturated heterocycles. The van der Waals surface area contributed by atoms with Gasteiger partial charge in [0, 0.05) is 30.4 Å². The summed E-state index contributed by atoms with van der Waals surface area (Å²) in [4.78, 5) is 25.1. The van der Waals surface area contributed by atoms with E-state index in [0.717, 1.165) is 16.3 Å². The molecule has 1 N–H and O–H groups in total. The van der Waals surface area contributed by atoms with Crippen molar-refractivity contribution in [3.8, 4) is 0 Å². The Balaban J connectivity index is 2.01. The highest BCUT2D eigenvalue weighted by atomic mass is 16.6. The smallest absolute Gasteiger partial charge is 0.417 e. The number of ether oxygens (including phenoxy) is 1. The maximum atomic E-state index is 12.0. The summed E-state index contributed by atoms with van der Waals surface area (Å²) in [7, 11) is 0. The third-order valence-electron chi connectivity index (χ3n) is 2.86. The molecule has 21 heavy (non-hydrogen) atoms. The van der Waals surface area contributed by atoms with E-state index in [4.69, 9.17) is 4.74 Å². The van der Waals surface area contributed by atoms with Gasteiger partial charge in [0.25, 0.3) is 5.91 Å². The van der Waals surface area contributed by atoms with Crippen LogP contribution < -0.4 is 5.32 Å². The van der Waals surface area contributed by atoms with E-state index in [1.807, 2.05) is 30.3 Å². The Kier molecular flexibility index (Phi) is 4.31. The lowest BCUT2D eigenvalue weighted by molar-refractivity contribution is -0.125. The van der Waals surface area contributed by atoms with E-state index >= 15 is 0 Å². The van der Waals surface area contributed by atoms with Crippen LogP contribution in [-0.4, -0.2) is 29.0 Å². The van der Waals surface area contributed by atoms with Gasteiger partial charge < -0.3 is 10.1 Å².